The minimum absolute atomic E-state index is 0.449. The molecule has 0 fully saturated rings. The predicted octanol–water partition coefficient (Wildman–Crippen LogP) is 2.94. The lowest BCUT2D eigenvalue weighted by molar-refractivity contribution is -0.131. The Labute approximate surface area is 159 Å². The Morgan fingerprint density at radius 2 is 1.70 bits per heavy atom. The van der Waals surface area contributed by atoms with E-state index < -0.39 is 17.9 Å². The SMILES string of the molecule is COc1ccccc1C=CC(=O)NNC(=O)C(C)Oc1cccc(C)c1C. The number of hydrogen-bond acceptors (Lipinski definition) is 4. The summed E-state index contributed by atoms with van der Waals surface area (Å²) < 4.78 is 10.9. The van der Waals surface area contributed by atoms with E-state index in [4.69, 9.17) is 9.47 Å². The third-order valence-corrected chi connectivity index (χ3v) is 4.09. The highest BCUT2D eigenvalue weighted by Gasteiger charge is 2.16. The van der Waals surface area contributed by atoms with Crippen molar-refractivity contribution < 1.29 is 19.1 Å². The van der Waals surface area contributed by atoms with E-state index in [0.717, 1.165) is 16.7 Å². The standard InChI is InChI=1S/C21H24N2O4/c1-14-8-7-11-18(15(14)2)27-16(3)21(25)23-22-20(24)13-12-17-9-5-6-10-19(17)26-4/h5-13,16H,1-4H3,(H,22,24)(H,23,25). The molecule has 0 saturated heterocycles. The smallest absolute Gasteiger partial charge is 0.279 e. The second-order valence-electron chi connectivity index (χ2n) is 6.01. The van der Waals surface area contributed by atoms with Gasteiger partial charge in [-0.15, -0.1) is 0 Å². The Balaban J connectivity index is 1.88. The van der Waals surface area contributed by atoms with Crippen LogP contribution in [-0.2, 0) is 9.59 Å². The largest absolute Gasteiger partial charge is 0.496 e. The number of hydrogen-bond donors (Lipinski definition) is 2. The first-order chi connectivity index (χ1) is 12.9. The quantitative estimate of drug-likeness (QED) is 0.607. The monoisotopic (exact) mass is 368 g/mol. The van der Waals surface area contributed by atoms with Crippen molar-refractivity contribution in [3.63, 3.8) is 0 Å². The van der Waals surface area contributed by atoms with Crippen LogP contribution < -0.4 is 20.3 Å². The number of benzene rings is 2. The molecule has 27 heavy (non-hydrogen) atoms. The van der Waals surface area contributed by atoms with Crippen molar-refractivity contribution in [2.24, 2.45) is 0 Å². The Bertz CT molecular complexity index is 846. The fraction of sp³-hybridized carbons (Fsp3) is 0.238. The number of carbonyl (C=O) groups is 2. The second-order valence-corrected chi connectivity index (χ2v) is 6.01. The van der Waals surface area contributed by atoms with Crippen LogP contribution >= 0.6 is 0 Å². The molecule has 0 bridgehead atoms. The molecule has 1 atom stereocenters. The zero-order valence-corrected chi connectivity index (χ0v) is 15.9. The van der Waals surface area contributed by atoms with Crippen molar-refractivity contribution in [2.75, 3.05) is 7.11 Å². The van der Waals surface area contributed by atoms with E-state index in [1.54, 1.807) is 32.2 Å². The molecule has 2 aromatic rings. The first kappa shape index (κ1) is 20.0. The number of aryl methyl sites for hydroxylation is 1. The van der Waals surface area contributed by atoms with Gasteiger partial charge in [-0.05, 0) is 50.1 Å². The molecule has 0 aromatic heterocycles. The summed E-state index contributed by atoms with van der Waals surface area (Å²) in [5.41, 5.74) is 7.50. The molecule has 1 unspecified atom stereocenters. The van der Waals surface area contributed by atoms with Crippen LogP contribution in [0, 0.1) is 13.8 Å². The van der Waals surface area contributed by atoms with E-state index in [1.807, 2.05) is 44.2 Å². The lowest BCUT2D eigenvalue weighted by Crippen LogP contribution is -2.46. The molecular formula is C21H24N2O4. The van der Waals surface area contributed by atoms with Crippen LogP contribution in [0.2, 0.25) is 0 Å². The van der Waals surface area contributed by atoms with Crippen LogP contribution in [0.3, 0.4) is 0 Å². The molecule has 0 saturated carbocycles. The minimum atomic E-state index is -0.760. The molecule has 2 N–H and O–H groups in total. The normalized spacial score (nSPS) is 11.7. The van der Waals surface area contributed by atoms with Crippen molar-refractivity contribution in [2.45, 2.75) is 26.9 Å². The van der Waals surface area contributed by atoms with Crippen molar-refractivity contribution in [1.82, 2.24) is 10.9 Å². The molecule has 0 heterocycles. The highest BCUT2D eigenvalue weighted by molar-refractivity contribution is 5.93. The second kappa shape index (κ2) is 9.43. The minimum Gasteiger partial charge on any atom is -0.496 e. The Morgan fingerprint density at radius 1 is 1.00 bits per heavy atom. The van der Waals surface area contributed by atoms with Crippen LogP contribution in [0.15, 0.2) is 48.5 Å². The van der Waals surface area contributed by atoms with Gasteiger partial charge in [0.1, 0.15) is 11.5 Å². The van der Waals surface area contributed by atoms with E-state index in [9.17, 15) is 9.59 Å². The molecular weight excluding hydrogens is 344 g/mol. The van der Waals surface area contributed by atoms with E-state index in [2.05, 4.69) is 10.9 Å². The summed E-state index contributed by atoms with van der Waals surface area (Å²) in [7, 11) is 1.56. The zero-order valence-electron chi connectivity index (χ0n) is 15.9. The van der Waals surface area contributed by atoms with Gasteiger partial charge in [-0.2, -0.15) is 0 Å². The van der Waals surface area contributed by atoms with Gasteiger partial charge >= 0.3 is 0 Å². The summed E-state index contributed by atoms with van der Waals surface area (Å²) in [5, 5.41) is 0. The fourth-order valence-corrected chi connectivity index (χ4v) is 2.33. The highest BCUT2D eigenvalue weighted by atomic mass is 16.5. The van der Waals surface area contributed by atoms with Crippen molar-refractivity contribution >= 4 is 17.9 Å². The summed E-state index contributed by atoms with van der Waals surface area (Å²) in [6.07, 6.45) is 2.16. The summed E-state index contributed by atoms with van der Waals surface area (Å²) in [4.78, 5) is 24.0. The number of ether oxygens (including phenoxy) is 2. The maximum absolute atomic E-state index is 12.1. The van der Waals surface area contributed by atoms with E-state index in [0.29, 0.717) is 11.5 Å². The summed E-state index contributed by atoms with van der Waals surface area (Å²) in [6.45, 7) is 5.52. The Kier molecular flexibility index (Phi) is 7.00. The van der Waals surface area contributed by atoms with E-state index in [-0.39, 0.29) is 0 Å². The van der Waals surface area contributed by atoms with Gasteiger partial charge in [-0.25, -0.2) is 0 Å². The molecule has 0 radical (unpaired) electrons. The van der Waals surface area contributed by atoms with Gasteiger partial charge in [-0.3, -0.25) is 20.4 Å². The number of nitrogens with one attached hydrogen (secondary N) is 2. The Hall–Kier alpha value is -3.28. The molecule has 2 amide bonds. The van der Waals surface area contributed by atoms with Gasteiger partial charge in [-0.1, -0.05) is 30.3 Å². The number of amides is 2. The molecule has 2 aromatic carbocycles. The first-order valence-corrected chi connectivity index (χ1v) is 8.56. The lowest BCUT2D eigenvalue weighted by atomic mass is 10.1. The Morgan fingerprint density at radius 3 is 2.44 bits per heavy atom. The number of carbonyl (C=O) groups excluding carboxylic acids is 2. The van der Waals surface area contributed by atoms with Crippen LogP contribution in [0.1, 0.15) is 23.6 Å². The predicted molar refractivity (Wildman–Crippen MR) is 104 cm³/mol. The summed E-state index contributed by atoms with van der Waals surface area (Å²) in [6, 6.07) is 12.9. The van der Waals surface area contributed by atoms with Crippen LogP contribution in [0.25, 0.3) is 6.08 Å². The van der Waals surface area contributed by atoms with E-state index in [1.165, 1.54) is 6.08 Å². The third kappa shape index (κ3) is 5.60. The van der Waals surface area contributed by atoms with Crippen molar-refractivity contribution in [3.8, 4) is 11.5 Å². The van der Waals surface area contributed by atoms with Gasteiger partial charge < -0.3 is 9.47 Å². The number of rotatable bonds is 6. The fourth-order valence-electron chi connectivity index (χ4n) is 2.33. The molecule has 0 spiro atoms. The number of para-hydroxylation sites is 1. The molecule has 0 aliphatic carbocycles. The lowest BCUT2D eigenvalue weighted by Gasteiger charge is -2.17. The zero-order chi connectivity index (χ0) is 19.8. The van der Waals surface area contributed by atoms with Crippen LogP contribution in [-0.4, -0.2) is 25.0 Å². The molecule has 0 aliphatic heterocycles. The summed E-state index contributed by atoms with van der Waals surface area (Å²) >= 11 is 0. The van der Waals surface area contributed by atoms with E-state index >= 15 is 0 Å². The first-order valence-electron chi connectivity index (χ1n) is 8.56. The third-order valence-electron chi connectivity index (χ3n) is 4.09. The molecule has 6 nitrogen and oxygen atoms in total. The summed E-state index contributed by atoms with van der Waals surface area (Å²) in [5.74, 6) is 0.379. The van der Waals surface area contributed by atoms with Crippen molar-refractivity contribution in [3.05, 3.63) is 65.2 Å². The molecule has 6 heteroatoms. The van der Waals surface area contributed by atoms with Crippen LogP contribution in [0.5, 0.6) is 11.5 Å². The maximum Gasteiger partial charge on any atom is 0.279 e. The maximum atomic E-state index is 12.1. The average Bonchev–Trinajstić information content (AvgIpc) is 2.68. The molecule has 142 valence electrons. The molecule has 2 rings (SSSR count). The average molecular weight is 368 g/mol. The highest BCUT2D eigenvalue weighted by Crippen LogP contribution is 2.21. The van der Waals surface area contributed by atoms with Gasteiger partial charge in [0.05, 0.1) is 7.11 Å². The van der Waals surface area contributed by atoms with Gasteiger partial charge in [0.2, 0.25) is 0 Å². The van der Waals surface area contributed by atoms with Crippen LogP contribution in [0.4, 0.5) is 0 Å². The van der Waals surface area contributed by atoms with Gasteiger partial charge in [0.15, 0.2) is 6.10 Å². The number of methoxy groups -OCH3 is 1. The van der Waals surface area contributed by atoms with Gasteiger partial charge in [0.25, 0.3) is 11.8 Å². The number of hydrazine groups is 1. The van der Waals surface area contributed by atoms with Gasteiger partial charge in [0, 0.05) is 11.6 Å². The topological polar surface area (TPSA) is 76.7 Å². The van der Waals surface area contributed by atoms with Crippen molar-refractivity contribution in [1.29, 1.82) is 0 Å². The molecule has 0 aliphatic rings.